The lowest BCUT2D eigenvalue weighted by Crippen LogP contribution is -2.55. The fourth-order valence-electron chi connectivity index (χ4n) is 9.15. The SMILES string of the molecule is COc1ccc(C2C(CC[C@H](O)c3ccccc3)C(=O)N2c2ccc(NC(=O)CCCCNC(=O)C(Cc3ccc(N=[N+]=[N-])cc3)NC(=O)CCCCC3SCC4CC(=O)NC43)cc2)cc1. The predicted octanol–water partition coefficient (Wildman–Crippen LogP) is 7.99. The number of thioether (sulfide) groups is 1. The fraction of sp³-hybridized carbons (Fsp3) is 0.420. The van der Waals surface area contributed by atoms with Crippen LogP contribution in [0.2, 0.25) is 0 Å². The quantitative estimate of drug-likeness (QED) is 0.0161. The van der Waals surface area contributed by atoms with Crippen LogP contribution in [-0.2, 0) is 30.4 Å². The molecule has 346 valence electrons. The minimum absolute atomic E-state index is 0.0283. The molecule has 3 aliphatic heterocycles. The maximum atomic E-state index is 13.7. The molecule has 3 aliphatic rings. The number of benzene rings is 4. The summed E-state index contributed by atoms with van der Waals surface area (Å²) in [4.78, 5) is 69.6. The second kappa shape index (κ2) is 23.2. The Labute approximate surface area is 389 Å². The van der Waals surface area contributed by atoms with Crippen molar-refractivity contribution in [2.45, 2.75) is 100 Å². The molecule has 3 saturated heterocycles. The van der Waals surface area contributed by atoms with Gasteiger partial charge in [0.2, 0.25) is 29.5 Å². The number of methoxy groups -OCH3 is 1. The highest BCUT2D eigenvalue weighted by molar-refractivity contribution is 8.00. The average molecular weight is 915 g/mol. The van der Waals surface area contributed by atoms with Gasteiger partial charge in [-0.1, -0.05) is 78.3 Å². The normalized spacial score (nSPS) is 20.5. The number of rotatable bonds is 23. The fourth-order valence-corrected chi connectivity index (χ4v) is 10.8. The predicted molar refractivity (Wildman–Crippen MR) is 255 cm³/mol. The van der Waals surface area contributed by atoms with E-state index in [4.69, 9.17) is 10.3 Å². The van der Waals surface area contributed by atoms with Crippen LogP contribution < -0.4 is 30.9 Å². The van der Waals surface area contributed by atoms with E-state index in [0.717, 1.165) is 35.3 Å². The van der Waals surface area contributed by atoms with E-state index < -0.39 is 12.1 Å². The zero-order valence-corrected chi connectivity index (χ0v) is 38.0. The number of carbonyl (C=O) groups is 5. The summed E-state index contributed by atoms with van der Waals surface area (Å²) in [6.45, 7) is 0.312. The molecular weight excluding hydrogens is 857 g/mol. The molecule has 3 heterocycles. The molecule has 0 radical (unpaired) electrons. The van der Waals surface area contributed by atoms with E-state index in [1.807, 2.05) is 78.5 Å². The van der Waals surface area contributed by atoms with Crippen LogP contribution in [0.15, 0.2) is 108 Å². The van der Waals surface area contributed by atoms with Gasteiger partial charge >= 0.3 is 0 Å². The van der Waals surface area contributed by atoms with E-state index in [9.17, 15) is 29.1 Å². The zero-order chi connectivity index (χ0) is 46.4. The van der Waals surface area contributed by atoms with Crippen molar-refractivity contribution in [1.82, 2.24) is 16.0 Å². The van der Waals surface area contributed by atoms with Gasteiger partial charge in [0.05, 0.1) is 25.2 Å². The molecule has 66 heavy (non-hydrogen) atoms. The number of aliphatic hydroxyl groups excluding tert-OH is 1. The molecule has 0 saturated carbocycles. The van der Waals surface area contributed by atoms with Gasteiger partial charge in [0.15, 0.2) is 0 Å². The second-order valence-corrected chi connectivity index (χ2v) is 18.5. The van der Waals surface area contributed by atoms with Crippen LogP contribution in [0.3, 0.4) is 0 Å². The Morgan fingerprint density at radius 1 is 0.909 bits per heavy atom. The molecular formula is C50H58N8O7S. The molecule has 5 amide bonds. The second-order valence-electron chi connectivity index (χ2n) is 17.2. The van der Waals surface area contributed by atoms with Gasteiger partial charge in [0, 0.05) is 65.5 Å². The van der Waals surface area contributed by atoms with Gasteiger partial charge in [-0.05, 0) is 109 Å². The van der Waals surface area contributed by atoms with Gasteiger partial charge in [-0.3, -0.25) is 24.0 Å². The van der Waals surface area contributed by atoms with Gasteiger partial charge in [-0.25, -0.2) is 0 Å². The Bertz CT molecular complexity index is 2350. The summed E-state index contributed by atoms with van der Waals surface area (Å²) < 4.78 is 5.36. The van der Waals surface area contributed by atoms with Gasteiger partial charge < -0.3 is 36.0 Å². The first kappa shape index (κ1) is 47.6. The van der Waals surface area contributed by atoms with Crippen LogP contribution in [0.4, 0.5) is 17.1 Å². The maximum absolute atomic E-state index is 13.7. The standard InChI is InChI=1S/C50H58N8O7S/c1-65-39-24-16-34(17-25-39)48-40(26-27-42(59)33-9-3-2-4-10-33)50(64)58(48)38-22-20-36(21-23-38)53-44(60)13-7-8-28-52-49(63)41(29-32-14-18-37(19-15-32)56-57-51)54-45(61)12-6-5-11-43-47-35(31-66-43)30-46(62)55-47/h2-4,9-10,14-25,35,40-43,47-48,59H,5-8,11-13,26-31H2,1H3,(H,52,63)(H,53,60)(H,54,61)(H,55,62)/t35?,40?,41?,42-,43?,47?,48?/m0/s1. The number of aliphatic hydroxyl groups is 1. The van der Waals surface area contributed by atoms with Crippen molar-refractivity contribution < 1.29 is 33.8 Å². The first-order valence-electron chi connectivity index (χ1n) is 22.8. The van der Waals surface area contributed by atoms with Crippen molar-refractivity contribution >= 4 is 58.4 Å². The van der Waals surface area contributed by atoms with Crippen LogP contribution in [0.5, 0.6) is 5.75 Å². The molecule has 16 heteroatoms. The summed E-state index contributed by atoms with van der Waals surface area (Å²) in [5.74, 6) is 1.15. The highest BCUT2D eigenvalue weighted by Gasteiger charge is 2.48. The minimum atomic E-state index is -0.828. The number of ether oxygens (including phenoxy) is 1. The van der Waals surface area contributed by atoms with Crippen LogP contribution in [-0.4, -0.2) is 71.4 Å². The van der Waals surface area contributed by atoms with E-state index in [-0.39, 0.29) is 66.8 Å². The van der Waals surface area contributed by atoms with E-state index in [0.29, 0.717) is 79.0 Å². The molecule has 4 aromatic carbocycles. The Balaban J connectivity index is 0.863. The lowest BCUT2D eigenvalue weighted by molar-refractivity contribution is -0.131. The van der Waals surface area contributed by atoms with Gasteiger partial charge in [0.1, 0.15) is 11.8 Å². The average Bonchev–Trinajstić information content (AvgIpc) is 3.89. The van der Waals surface area contributed by atoms with Crippen molar-refractivity contribution in [2.75, 3.05) is 29.6 Å². The number of hydrogen-bond acceptors (Lipinski definition) is 9. The third-order valence-electron chi connectivity index (χ3n) is 12.7. The van der Waals surface area contributed by atoms with Crippen molar-refractivity contribution in [3.05, 3.63) is 130 Å². The van der Waals surface area contributed by atoms with Crippen molar-refractivity contribution in [3.8, 4) is 5.75 Å². The molecule has 0 aromatic heterocycles. The van der Waals surface area contributed by atoms with Gasteiger partial charge in [0.25, 0.3) is 0 Å². The number of amides is 5. The number of carbonyl (C=O) groups excluding carboxylic acids is 5. The molecule has 4 aromatic rings. The number of nitrogens with one attached hydrogen (secondary N) is 4. The number of nitrogens with zero attached hydrogens (tertiary/aromatic N) is 4. The molecule has 7 rings (SSSR count). The summed E-state index contributed by atoms with van der Waals surface area (Å²) in [5, 5.41) is 26.7. The first-order chi connectivity index (χ1) is 32.1. The molecule has 0 aliphatic carbocycles. The molecule has 6 unspecified atom stereocenters. The lowest BCUT2D eigenvalue weighted by atomic mass is 9.78. The van der Waals surface area contributed by atoms with E-state index in [1.165, 1.54) is 0 Å². The van der Waals surface area contributed by atoms with Crippen molar-refractivity contribution in [3.63, 3.8) is 0 Å². The van der Waals surface area contributed by atoms with Crippen LogP contribution in [0.1, 0.15) is 93.0 Å². The minimum Gasteiger partial charge on any atom is -0.497 e. The number of anilines is 2. The third kappa shape index (κ3) is 12.5. The number of azide groups is 1. The van der Waals surface area contributed by atoms with E-state index in [2.05, 4.69) is 31.3 Å². The number of hydrogen-bond donors (Lipinski definition) is 5. The largest absolute Gasteiger partial charge is 0.497 e. The maximum Gasteiger partial charge on any atom is 0.242 e. The summed E-state index contributed by atoms with van der Waals surface area (Å²) in [7, 11) is 1.61. The lowest BCUT2D eigenvalue weighted by Gasteiger charge is -2.48. The number of β-lactam (4-membered cyclic amide) rings is 1. The van der Waals surface area contributed by atoms with Gasteiger partial charge in [-0.15, -0.1) is 0 Å². The summed E-state index contributed by atoms with van der Waals surface area (Å²) in [5.41, 5.74) is 13.1. The number of fused-ring (bicyclic) bond motifs is 1. The smallest absolute Gasteiger partial charge is 0.242 e. The van der Waals surface area contributed by atoms with E-state index in [1.54, 1.807) is 48.4 Å². The molecule has 3 fully saturated rings. The molecule has 15 nitrogen and oxygen atoms in total. The highest BCUT2D eigenvalue weighted by Crippen LogP contribution is 2.47. The van der Waals surface area contributed by atoms with Gasteiger partial charge in [-0.2, -0.15) is 11.8 Å². The summed E-state index contributed by atoms with van der Waals surface area (Å²) in [6, 6.07) is 30.3. The third-order valence-corrected chi connectivity index (χ3v) is 14.3. The molecule has 0 bridgehead atoms. The Kier molecular flexibility index (Phi) is 16.7. The first-order valence-corrected chi connectivity index (χ1v) is 23.9. The van der Waals surface area contributed by atoms with Crippen molar-refractivity contribution in [1.29, 1.82) is 0 Å². The summed E-state index contributed by atoms with van der Waals surface area (Å²) in [6.07, 6.45) is 5.10. The molecule has 5 N–H and O–H groups in total. The zero-order valence-electron chi connectivity index (χ0n) is 37.1. The Hall–Kier alpha value is -6.35. The topological polar surface area (TPSA) is 215 Å². The highest BCUT2D eigenvalue weighted by atomic mass is 32.2. The molecule has 0 spiro atoms. The monoisotopic (exact) mass is 914 g/mol. The summed E-state index contributed by atoms with van der Waals surface area (Å²) >= 11 is 1.90. The molecule has 7 atom stereocenters. The van der Waals surface area contributed by atoms with Crippen LogP contribution in [0.25, 0.3) is 10.4 Å². The number of unbranched alkanes of at least 4 members (excludes halogenated alkanes) is 2. The van der Waals surface area contributed by atoms with E-state index >= 15 is 0 Å². The van der Waals surface area contributed by atoms with Crippen LogP contribution >= 0.6 is 11.8 Å². The Morgan fingerprint density at radius 2 is 1.64 bits per heavy atom. The van der Waals surface area contributed by atoms with Crippen LogP contribution in [0, 0.1) is 11.8 Å². The Morgan fingerprint density at radius 3 is 2.36 bits per heavy atom. The van der Waals surface area contributed by atoms with Crippen molar-refractivity contribution in [2.24, 2.45) is 17.0 Å².